The van der Waals surface area contributed by atoms with E-state index in [9.17, 15) is 0 Å². The van der Waals surface area contributed by atoms with Crippen LogP contribution >= 0.6 is 0 Å². The largest absolute Gasteiger partial charge is 0.371 e. The van der Waals surface area contributed by atoms with Gasteiger partial charge in [0, 0.05) is 6.54 Å². The first-order chi connectivity index (χ1) is 6.89. The zero-order valence-electron chi connectivity index (χ0n) is 10.6. The number of hydrogen-bond donors (Lipinski definition) is 1. The monoisotopic (exact) mass is 211 g/mol. The normalized spacial score (nSPS) is 36.8. The van der Waals surface area contributed by atoms with Gasteiger partial charge in [0.25, 0.3) is 0 Å². The minimum absolute atomic E-state index is 0.116. The van der Waals surface area contributed by atoms with Gasteiger partial charge in [-0.2, -0.15) is 0 Å². The molecule has 15 heavy (non-hydrogen) atoms. The van der Waals surface area contributed by atoms with Crippen molar-refractivity contribution in [2.45, 2.75) is 58.7 Å². The fourth-order valence-corrected chi connectivity index (χ4v) is 2.56. The molecule has 2 unspecified atom stereocenters. The molecule has 2 rings (SSSR count). The van der Waals surface area contributed by atoms with Crippen LogP contribution in [-0.4, -0.2) is 24.8 Å². The summed E-state index contributed by atoms with van der Waals surface area (Å²) in [5.41, 5.74) is 0.716. The van der Waals surface area contributed by atoms with Crippen molar-refractivity contribution in [3.63, 3.8) is 0 Å². The van der Waals surface area contributed by atoms with E-state index in [4.69, 9.17) is 4.74 Å². The molecule has 0 aromatic rings. The topological polar surface area (TPSA) is 21.3 Å². The van der Waals surface area contributed by atoms with Crippen molar-refractivity contribution in [3.05, 3.63) is 0 Å². The predicted molar refractivity (Wildman–Crippen MR) is 62.9 cm³/mol. The Balaban J connectivity index is 1.60. The van der Waals surface area contributed by atoms with E-state index in [1.54, 1.807) is 0 Å². The Hall–Kier alpha value is -0.0800. The van der Waals surface area contributed by atoms with Gasteiger partial charge in [-0.05, 0) is 51.0 Å². The van der Waals surface area contributed by atoms with Crippen molar-refractivity contribution in [2.24, 2.45) is 11.3 Å². The second-order valence-corrected chi connectivity index (χ2v) is 6.59. The summed E-state index contributed by atoms with van der Waals surface area (Å²) in [6.07, 6.45) is 4.25. The molecule has 2 nitrogen and oxygen atoms in total. The lowest BCUT2D eigenvalue weighted by Gasteiger charge is -2.19. The third-order valence-corrected chi connectivity index (χ3v) is 4.03. The second kappa shape index (κ2) is 3.74. The minimum atomic E-state index is 0.116. The molecule has 1 aliphatic carbocycles. The summed E-state index contributed by atoms with van der Waals surface area (Å²) in [7, 11) is 0. The molecule has 0 radical (unpaired) electrons. The zero-order chi connectivity index (χ0) is 11.1. The highest BCUT2D eigenvalue weighted by Crippen LogP contribution is 2.50. The van der Waals surface area contributed by atoms with Crippen LogP contribution in [0.4, 0.5) is 0 Å². The van der Waals surface area contributed by atoms with Crippen LogP contribution < -0.4 is 5.32 Å². The van der Waals surface area contributed by atoms with Crippen LogP contribution in [-0.2, 0) is 4.74 Å². The van der Waals surface area contributed by atoms with Gasteiger partial charge in [0.15, 0.2) is 0 Å². The first-order valence-electron chi connectivity index (χ1n) is 6.28. The van der Waals surface area contributed by atoms with Gasteiger partial charge in [0.2, 0.25) is 0 Å². The van der Waals surface area contributed by atoms with Gasteiger partial charge in [0.05, 0.1) is 11.7 Å². The van der Waals surface area contributed by atoms with Gasteiger partial charge in [-0.15, -0.1) is 0 Å². The summed E-state index contributed by atoms with van der Waals surface area (Å²) in [5, 5.41) is 3.56. The second-order valence-electron chi connectivity index (χ2n) is 6.59. The van der Waals surface area contributed by atoms with Crippen LogP contribution in [0.25, 0.3) is 0 Å². The van der Waals surface area contributed by atoms with E-state index in [0.29, 0.717) is 11.5 Å². The molecule has 2 fully saturated rings. The van der Waals surface area contributed by atoms with Gasteiger partial charge in [-0.3, -0.25) is 0 Å². The number of rotatable bonds is 4. The van der Waals surface area contributed by atoms with Crippen LogP contribution in [0.3, 0.4) is 0 Å². The molecule has 1 N–H and O–H groups in total. The van der Waals surface area contributed by atoms with E-state index in [-0.39, 0.29) is 5.60 Å². The molecule has 2 atom stereocenters. The SMILES string of the molecule is CC1(C)CCC(CNCC2CC2(C)C)O1. The molecule has 1 saturated heterocycles. The zero-order valence-corrected chi connectivity index (χ0v) is 10.6. The Morgan fingerprint density at radius 3 is 2.33 bits per heavy atom. The van der Waals surface area contributed by atoms with Crippen LogP contribution in [0.5, 0.6) is 0 Å². The van der Waals surface area contributed by atoms with Crippen molar-refractivity contribution in [2.75, 3.05) is 13.1 Å². The van der Waals surface area contributed by atoms with Crippen LogP contribution in [0.1, 0.15) is 47.0 Å². The molecule has 0 aromatic heterocycles. The lowest BCUT2D eigenvalue weighted by molar-refractivity contribution is -0.0142. The highest BCUT2D eigenvalue weighted by molar-refractivity contribution is 4.96. The predicted octanol–water partition coefficient (Wildman–Crippen LogP) is 2.58. The summed E-state index contributed by atoms with van der Waals surface area (Å²) < 4.78 is 5.94. The molecule has 0 aromatic carbocycles. The summed E-state index contributed by atoms with van der Waals surface area (Å²) in [5.74, 6) is 0.895. The molecule has 1 heterocycles. The summed E-state index contributed by atoms with van der Waals surface area (Å²) in [4.78, 5) is 0. The van der Waals surface area contributed by atoms with Crippen LogP contribution in [0, 0.1) is 11.3 Å². The smallest absolute Gasteiger partial charge is 0.0707 e. The van der Waals surface area contributed by atoms with E-state index in [0.717, 1.165) is 12.5 Å². The Bertz CT molecular complexity index is 235. The maximum Gasteiger partial charge on any atom is 0.0707 e. The Kier molecular flexibility index (Phi) is 2.85. The third-order valence-electron chi connectivity index (χ3n) is 4.03. The lowest BCUT2D eigenvalue weighted by Crippen LogP contribution is -2.31. The van der Waals surface area contributed by atoms with E-state index >= 15 is 0 Å². The molecule has 0 spiro atoms. The van der Waals surface area contributed by atoms with Gasteiger partial charge in [0.1, 0.15) is 0 Å². The van der Waals surface area contributed by atoms with Crippen molar-refractivity contribution in [1.82, 2.24) is 5.32 Å². The van der Waals surface area contributed by atoms with E-state index in [2.05, 4.69) is 33.0 Å². The summed E-state index contributed by atoms with van der Waals surface area (Å²) in [6.45, 7) is 11.3. The molecular weight excluding hydrogens is 186 g/mol. The summed E-state index contributed by atoms with van der Waals surface area (Å²) >= 11 is 0. The standard InChI is InChI=1S/C13H25NO/c1-12(2)7-10(12)8-14-9-11-5-6-13(3,4)15-11/h10-11,14H,5-9H2,1-4H3. The highest BCUT2D eigenvalue weighted by Gasteiger charge is 2.44. The van der Waals surface area contributed by atoms with Gasteiger partial charge >= 0.3 is 0 Å². The minimum Gasteiger partial charge on any atom is -0.371 e. The number of nitrogens with one attached hydrogen (secondary N) is 1. The van der Waals surface area contributed by atoms with Gasteiger partial charge in [-0.1, -0.05) is 13.8 Å². The molecule has 1 saturated carbocycles. The van der Waals surface area contributed by atoms with Crippen molar-refractivity contribution in [3.8, 4) is 0 Å². The van der Waals surface area contributed by atoms with Crippen molar-refractivity contribution in [1.29, 1.82) is 0 Å². The Morgan fingerprint density at radius 2 is 1.87 bits per heavy atom. The van der Waals surface area contributed by atoms with Crippen molar-refractivity contribution < 1.29 is 4.74 Å². The van der Waals surface area contributed by atoms with Gasteiger partial charge < -0.3 is 10.1 Å². The first kappa shape index (κ1) is 11.4. The highest BCUT2D eigenvalue weighted by atomic mass is 16.5. The van der Waals surface area contributed by atoms with Gasteiger partial charge in [-0.25, -0.2) is 0 Å². The first-order valence-corrected chi connectivity index (χ1v) is 6.28. The van der Waals surface area contributed by atoms with Crippen LogP contribution in [0.2, 0.25) is 0 Å². The maximum absolute atomic E-state index is 5.94. The molecular formula is C13H25NO. The number of ether oxygens (including phenoxy) is 1. The number of hydrogen-bond acceptors (Lipinski definition) is 2. The maximum atomic E-state index is 5.94. The van der Waals surface area contributed by atoms with Crippen LogP contribution in [0.15, 0.2) is 0 Å². The van der Waals surface area contributed by atoms with E-state index < -0.39 is 0 Å². The molecule has 0 bridgehead atoms. The fraction of sp³-hybridized carbons (Fsp3) is 1.00. The molecule has 2 heteroatoms. The summed E-state index contributed by atoms with van der Waals surface area (Å²) in [6, 6.07) is 0. The van der Waals surface area contributed by atoms with Crippen molar-refractivity contribution >= 4 is 0 Å². The molecule has 88 valence electrons. The molecule has 2 aliphatic rings. The third kappa shape index (κ3) is 2.94. The molecule has 1 aliphatic heterocycles. The van der Waals surface area contributed by atoms with E-state index in [1.807, 2.05) is 0 Å². The Morgan fingerprint density at radius 1 is 1.20 bits per heavy atom. The molecule has 0 amide bonds. The Labute approximate surface area is 93.8 Å². The quantitative estimate of drug-likeness (QED) is 0.771. The average molecular weight is 211 g/mol. The van der Waals surface area contributed by atoms with E-state index in [1.165, 1.54) is 25.8 Å². The fourth-order valence-electron chi connectivity index (χ4n) is 2.56. The average Bonchev–Trinajstić information content (AvgIpc) is 2.52. The lowest BCUT2D eigenvalue weighted by atomic mass is 10.1.